The molecule has 0 heterocycles. The first-order valence-electron chi connectivity index (χ1n) is 4.84. The molecule has 0 N–H and O–H groups in total. The van der Waals surface area contributed by atoms with Gasteiger partial charge >= 0.3 is 0 Å². The molecule has 0 amide bonds. The van der Waals surface area contributed by atoms with Crippen LogP contribution in [0.2, 0.25) is 0 Å². The Morgan fingerprint density at radius 1 is 0.800 bits per heavy atom. The first kappa shape index (κ1) is 9.66. The minimum Gasteiger partial charge on any atom is -0.206 e. The van der Waals surface area contributed by atoms with Crippen LogP contribution in [-0.2, 0) is 0 Å². The van der Waals surface area contributed by atoms with Crippen LogP contribution in [0.4, 0.5) is 4.39 Å². The van der Waals surface area contributed by atoms with Crippen LogP contribution < -0.4 is 0 Å². The lowest BCUT2D eigenvalue weighted by Crippen LogP contribution is -1.77. The van der Waals surface area contributed by atoms with Crippen LogP contribution >= 0.6 is 0 Å². The topological polar surface area (TPSA) is 0 Å². The molecule has 0 unspecified atom stereocenters. The molecule has 0 saturated carbocycles. The van der Waals surface area contributed by atoms with Crippen molar-refractivity contribution in [3.63, 3.8) is 0 Å². The van der Waals surface area contributed by atoms with E-state index in [-0.39, 0.29) is 5.83 Å². The largest absolute Gasteiger partial charge is 0.206 e. The number of hydrogen-bond acceptors (Lipinski definition) is 0. The molecule has 0 aliphatic rings. The van der Waals surface area contributed by atoms with Gasteiger partial charge in [0.2, 0.25) is 0 Å². The third kappa shape index (κ3) is 2.53. The molecule has 0 spiro atoms. The third-order valence-electron chi connectivity index (χ3n) is 2.14. The molecule has 1 heteroatoms. The molecule has 2 aromatic rings. The van der Waals surface area contributed by atoms with Gasteiger partial charge in [-0.25, -0.2) is 4.39 Å². The van der Waals surface area contributed by atoms with Crippen LogP contribution in [-0.4, -0.2) is 0 Å². The van der Waals surface area contributed by atoms with Gasteiger partial charge in [-0.05, 0) is 11.6 Å². The fourth-order valence-corrected chi connectivity index (χ4v) is 1.38. The summed E-state index contributed by atoms with van der Waals surface area (Å²) < 4.78 is 13.7. The number of hydrogen-bond donors (Lipinski definition) is 0. The number of rotatable bonds is 2. The van der Waals surface area contributed by atoms with Gasteiger partial charge in [0.05, 0.1) is 0 Å². The van der Waals surface area contributed by atoms with Crippen LogP contribution in [0.5, 0.6) is 0 Å². The highest BCUT2D eigenvalue weighted by Crippen LogP contribution is 2.18. The Balaban J connectivity index is 2.29. The third-order valence-corrected chi connectivity index (χ3v) is 2.14. The van der Waals surface area contributed by atoms with Gasteiger partial charge in [-0.1, -0.05) is 60.7 Å². The van der Waals surface area contributed by atoms with Crippen molar-refractivity contribution >= 4 is 11.9 Å². The van der Waals surface area contributed by atoms with Gasteiger partial charge in [-0.3, -0.25) is 0 Å². The molecule has 0 saturated heterocycles. The molecular formula is C14H11F. The fourth-order valence-electron chi connectivity index (χ4n) is 1.38. The van der Waals surface area contributed by atoms with Gasteiger partial charge in [0, 0.05) is 5.56 Å². The summed E-state index contributed by atoms with van der Waals surface area (Å²) in [5, 5.41) is 0. The molecule has 0 bridgehead atoms. The van der Waals surface area contributed by atoms with Crippen molar-refractivity contribution < 1.29 is 4.39 Å². The Labute approximate surface area is 88.7 Å². The Morgan fingerprint density at radius 3 is 1.93 bits per heavy atom. The highest BCUT2D eigenvalue weighted by molar-refractivity contribution is 5.76. The van der Waals surface area contributed by atoms with Crippen molar-refractivity contribution in [1.29, 1.82) is 0 Å². The summed E-state index contributed by atoms with van der Waals surface area (Å²) in [6.07, 6.45) is 1.54. The zero-order chi connectivity index (χ0) is 10.5. The van der Waals surface area contributed by atoms with E-state index in [9.17, 15) is 4.39 Å². The minimum atomic E-state index is -0.207. The van der Waals surface area contributed by atoms with Gasteiger partial charge < -0.3 is 0 Å². The highest BCUT2D eigenvalue weighted by Gasteiger charge is 1.98. The SMILES string of the molecule is FC(=Cc1ccccc1)c1ccccc1. The highest BCUT2D eigenvalue weighted by atomic mass is 19.1. The van der Waals surface area contributed by atoms with Crippen molar-refractivity contribution in [3.05, 3.63) is 71.8 Å². The molecule has 74 valence electrons. The average molecular weight is 198 g/mol. The molecule has 0 fully saturated rings. The quantitative estimate of drug-likeness (QED) is 0.636. The van der Waals surface area contributed by atoms with E-state index in [1.807, 2.05) is 48.5 Å². The van der Waals surface area contributed by atoms with Crippen LogP contribution in [0.15, 0.2) is 60.7 Å². The van der Waals surface area contributed by atoms with Crippen LogP contribution in [0.1, 0.15) is 11.1 Å². The van der Waals surface area contributed by atoms with E-state index in [2.05, 4.69) is 0 Å². The van der Waals surface area contributed by atoms with Crippen LogP contribution in [0.25, 0.3) is 11.9 Å². The van der Waals surface area contributed by atoms with Gasteiger partial charge in [0.15, 0.2) is 0 Å². The minimum absolute atomic E-state index is 0.207. The monoisotopic (exact) mass is 198 g/mol. The molecule has 2 rings (SSSR count). The maximum Gasteiger partial charge on any atom is 0.131 e. The Hall–Kier alpha value is -1.89. The molecule has 0 radical (unpaired) electrons. The van der Waals surface area contributed by atoms with E-state index in [1.165, 1.54) is 6.08 Å². The predicted octanol–water partition coefficient (Wildman–Crippen LogP) is 4.15. The normalized spacial score (nSPS) is 11.4. The fraction of sp³-hybridized carbons (Fsp3) is 0. The lowest BCUT2D eigenvalue weighted by molar-refractivity contribution is 0.765. The van der Waals surface area contributed by atoms with Crippen molar-refractivity contribution in [2.45, 2.75) is 0 Å². The second-order valence-electron chi connectivity index (χ2n) is 3.27. The standard InChI is InChI=1S/C14H11F/c15-14(13-9-5-2-6-10-13)11-12-7-3-1-4-8-12/h1-11H. The van der Waals surface area contributed by atoms with Gasteiger partial charge in [0.25, 0.3) is 0 Å². The van der Waals surface area contributed by atoms with Gasteiger partial charge in [-0.2, -0.15) is 0 Å². The average Bonchev–Trinajstić information content (AvgIpc) is 2.31. The smallest absolute Gasteiger partial charge is 0.131 e. The summed E-state index contributed by atoms with van der Waals surface area (Å²) in [7, 11) is 0. The molecule has 0 nitrogen and oxygen atoms in total. The van der Waals surface area contributed by atoms with Crippen molar-refractivity contribution in [2.75, 3.05) is 0 Å². The Morgan fingerprint density at radius 2 is 1.33 bits per heavy atom. The first-order valence-corrected chi connectivity index (χ1v) is 4.84. The first-order chi connectivity index (χ1) is 7.36. The van der Waals surface area contributed by atoms with Gasteiger partial charge in [0.1, 0.15) is 5.83 Å². The van der Waals surface area contributed by atoms with Crippen LogP contribution in [0, 0.1) is 0 Å². The van der Waals surface area contributed by atoms with Crippen molar-refractivity contribution in [1.82, 2.24) is 0 Å². The Kier molecular flexibility index (Phi) is 2.93. The summed E-state index contributed by atoms with van der Waals surface area (Å²) in [5.41, 5.74) is 1.49. The molecule has 15 heavy (non-hydrogen) atoms. The summed E-state index contributed by atoms with van der Waals surface area (Å²) >= 11 is 0. The molecule has 0 atom stereocenters. The van der Waals surface area contributed by atoms with E-state index >= 15 is 0 Å². The lowest BCUT2D eigenvalue weighted by Gasteiger charge is -1.97. The summed E-state index contributed by atoms with van der Waals surface area (Å²) in [6.45, 7) is 0. The summed E-state index contributed by atoms with van der Waals surface area (Å²) in [6, 6.07) is 18.5. The maximum absolute atomic E-state index is 13.7. The van der Waals surface area contributed by atoms with Crippen molar-refractivity contribution in [3.8, 4) is 0 Å². The molecular weight excluding hydrogens is 187 g/mol. The van der Waals surface area contributed by atoms with E-state index in [1.54, 1.807) is 12.1 Å². The molecule has 0 aliphatic heterocycles. The summed E-state index contributed by atoms with van der Waals surface area (Å²) in [5.74, 6) is -0.207. The zero-order valence-electron chi connectivity index (χ0n) is 8.23. The molecule has 0 aliphatic carbocycles. The summed E-state index contributed by atoms with van der Waals surface area (Å²) in [4.78, 5) is 0. The number of benzene rings is 2. The second-order valence-corrected chi connectivity index (χ2v) is 3.27. The van der Waals surface area contributed by atoms with E-state index in [0.717, 1.165) is 5.56 Å². The molecule has 0 aromatic heterocycles. The van der Waals surface area contributed by atoms with Crippen molar-refractivity contribution in [2.24, 2.45) is 0 Å². The number of halogens is 1. The zero-order valence-corrected chi connectivity index (χ0v) is 8.23. The maximum atomic E-state index is 13.7. The lowest BCUT2D eigenvalue weighted by atomic mass is 10.1. The second kappa shape index (κ2) is 4.56. The Bertz CT molecular complexity index is 443. The van der Waals surface area contributed by atoms with E-state index in [0.29, 0.717) is 5.56 Å². The predicted molar refractivity (Wildman–Crippen MR) is 61.9 cm³/mol. The van der Waals surface area contributed by atoms with Gasteiger partial charge in [-0.15, -0.1) is 0 Å². The van der Waals surface area contributed by atoms with E-state index < -0.39 is 0 Å². The van der Waals surface area contributed by atoms with Crippen LogP contribution in [0.3, 0.4) is 0 Å². The van der Waals surface area contributed by atoms with E-state index in [4.69, 9.17) is 0 Å². The molecule has 2 aromatic carbocycles.